The predicted octanol–water partition coefficient (Wildman–Crippen LogP) is 15.5. The molecule has 8 nitrogen and oxygen atoms in total. The molecule has 4 fully saturated rings. The third-order valence-corrected chi connectivity index (χ3v) is 15.4. The highest BCUT2D eigenvalue weighted by Crippen LogP contribution is 2.54. The third-order valence-electron chi connectivity index (χ3n) is 15.4. The lowest BCUT2D eigenvalue weighted by molar-refractivity contribution is -0.0679. The first-order valence-corrected chi connectivity index (χ1v) is 25.9. The molecule has 0 spiro atoms. The summed E-state index contributed by atoms with van der Waals surface area (Å²) in [5.41, 5.74) is 17.6. The molecule has 0 unspecified atom stereocenters. The summed E-state index contributed by atoms with van der Waals surface area (Å²) in [6.07, 6.45) is -1.65. The van der Waals surface area contributed by atoms with Gasteiger partial charge in [0.05, 0.1) is 0 Å². The maximum Gasteiger partial charge on any atom is 0.186 e. The Morgan fingerprint density at radius 3 is 0.579 bits per heavy atom. The SMILES string of the molecule is C=C1c2ccccc2[C@@H]2O[C@H]1[C@@H](c1ccccc1)O2.C=C1c2ccccc2[C@@H]2O[C@H]1[C@@H](c1ccccc1)O2.C=C1c2ccccc2[C@H]2O[C@@H]1[C@H](c1ccccc1)O2.C=C1c2ccccc2[C@H]2O[C@@H]1[C@H](c1ccccc1)O2. The van der Waals surface area contributed by atoms with E-state index in [1.807, 2.05) is 121 Å². The van der Waals surface area contributed by atoms with Gasteiger partial charge in [-0.05, 0) is 66.8 Å². The second kappa shape index (κ2) is 20.5. The van der Waals surface area contributed by atoms with Crippen molar-refractivity contribution < 1.29 is 37.9 Å². The quantitative estimate of drug-likeness (QED) is 0.173. The molecule has 8 aromatic carbocycles. The van der Waals surface area contributed by atoms with E-state index < -0.39 is 0 Å². The van der Waals surface area contributed by atoms with E-state index in [-0.39, 0.29) is 74.0 Å². The van der Waals surface area contributed by atoms with Crippen molar-refractivity contribution in [3.8, 4) is 0 Å². The highest BCUT2D eigenvalue weighted by Gasteiger charge is 2.48. The average molecular weight is 1000 g/mol. The van der Waals surface area contributed by atoms with Crippen LogP contribution in [0.3, 0.4) is 0 Å². The molecular weight excluding hydrogens is 945 g/mol. The average Bonchev–Trinajstić information content (AvgIpc) is 4.31. The van der Waals surface area contributed by atoms with Gasteiger partial charge in [0.2, 0.25) is 0 Å². The Morgan fingerprint density at radius 2 is 0.368 bits per heavy atom. The highest BCUT2D eigenvalue weighted by molar-refractivity contribution is 5.75. The molecule has 16 rings (SSSR count). The van der Waals surface area contributed by atoms with Crippen molar-refractivity contribution in [2.24, 2.45) is 0 Å². The first kappa shape index (κ1) is 48.1. The molecule has 0 amide bonds. The summed E-state index contributed by atoms with van der Waals surface area (Å²) in [6, 6.07) is 73.6. The van der Waals surface area contributed by atoms with Crippen LogP contribution in [0.1, 0.15) is 116 Å². The molecule has 8 bridgehead atoms. The van der Waals surface area contributed by atoms with Crippen LogP contribution in [0, 0.1) is 0 Å². The lowest BCUT2D eigenvalue weighted by atomic mass is 9.91. The topological polar surface area (TPSA) is 73.8 Å². The van der Waals surface area contributed by atoms with Gasteiger partial charge in [-0.1, -0.05) is 245 Å². The second-order valence-electron chi connectivity index (χ2n) is 19.9. The molecule has 0 aromatic heterocycles. The predicted molar refractivity (Wildman–Crippen MR) is 293 cm³/mol. The zero-order chi connectivity index (χ0) is 51.3. The zero-order valence-electron chi connectivity index (χ0n) is 41.8. The van der Waals surface area contributed by atoms with E-state index in [0.29, 0.717) is 0 Å². The summed E-state index contributed by atoms with van der Waals surface area (Å²) in [7, 11) is 0. The Bertz CT molecular complexity index is 2990. The highest BCUT2D eigenvalue weighted by atomic mass is 16.7. The fourth-order valence-electron chi connectivity index (χ4n) is 11.6. The Balaban J connectivity index is 0.0000000970. The maximum absolute atomic E-state index is 6.09. The molecule has 8 heteroatoms. The van der Waals surface area contributed by atoms with Gasteiger partial charge in [0.15, 0.2) is 25.2 Å². The largest absolute Gasteiger partial charge is 0.337 e. The summed E-state index contributed by atoms with van der Waals surface area (Å²) in [5.74, 6) is 0. The summed E-state index contributed by atoms with van der Waals surface area (Å²) in [6.45, 7) is 16.8. The van der Waals surface area contributed by atoms with Crippen LogP contribution >= 0.6 is 0 Å². The van der Waals surface area contributed by atoms with Crippen LogP contribution < -0.4 is 0 Å². The molecule has 0 N–H and O–H groups in total. The van der Waals surface area contributed by atoms with Gasteiger partial charge in [0.25, 0.3) is 0 Å². The van der Waals surface area contributed by atoms with Crippen LogP contribution in [0.2, 0.25) is 0 Å². The third kappa shape index (κ3) is 8.73. The Morgan fingerprint density at radius 1 is 0.197 bits per heavy atom. The van der Waals surface area contributed by atoms with Crippen LogP contribution in [-0.4, -0.2) is 24.4 Å². The molecule has 76 heavy (non-hydrogen) atoms. The van der Waals surface area contributed by atoms with Crippen molar-refractivity contribution in [2.45, 2.75) is 74.0 Å². The van der Waals surface area contributed by atoms with Crippen LogP contribution in [0.4, 0.5) is 0 Å². The van der Waals surface area contributed by atoms with Crippen molar-refractivity contribution in [3.63, 3.8) is 0 Å². The van der Waals surface area contributed by atoms with E-state index >= 15 is 0 Å². The second-order valence-corrected chi connectivity index (χ2v) is 19.9. The minimum Gasteiger partial charge on any atom is -0.337 e. The summed E-state index contributed by atoms with van der Waals surface area (Å²) < 4.78 is 48.3. The van der Waals surface area contributed by atoms with E-state index in [0.717, 1.165) is 66.8 Å². The van der Waals surface area contributed by atoms with Crippen molar-refractivity contribution >= 4 is 22.3 Å². The summed E-state index contributed by atoms with van der Waals surface area (Å²) >= 11 is 0. The molecule has 8 heterocycles. The molecule has 12 atom stereocenters. The molecule has 0 radical (unpaired) electrons. The Hall–Kier alpha value is -7.60. The van der Waals surface area contributed by atoms with E-state index in [9.17, 15) is 0 Å². The van der Waals surface area contributed by atoms with E-state index in [1.165, 1.54) is 22.3 Å². The number of benzene rings is 8. The van der Waals surface area contributed by atoms with Crippen LogP contribution in [0.25, 0.3) is 22.3 Å². The van der Waals surface area contributed by atoms with Crippen LogP contribution in [-0.2, 0) is 37.9 Å². The number of hydrogen-bond donors (Lipinski definition) is 0. The van der Waals surface area contributed by atoms with Crippen molar-refractivity contribution in [3.05, 3.63) is 311 Å². The van der Waals surface area contributed by atoms with Gasteiger partial charge in [-0.3, -0.25) is 0 Å². The minimum absolute atomic E-state index is 0.0638. The number of fused-ring (bicyclic) bond motifs is 16. The van der Waals surface area contributed by atoms with Gasteiger partial charge in [-0.15, -0.1) is 0 Å². The van der Waals surface area contributed by atoms with Gasteiger partial charge in [-0.25, -0.2) is 0 Å². The van der Waals surface area contributed by atoms with E-state index in [1.54, 1.807) is 0 Å². The van der Waals surface area contributed by atoms with Crippen LogP contribution in [0.15, 0.2) is 245 Å². The van der Waals surface area contributed by atoms with Crippen LogP contribution in [0.5, 0.6) is 0 Å². The normalized spacial score (nSPS) is 28.2. The monoisotopic (exact) mass is 1000 g/mol. The standard InChI is InChI=1S/4C17H14O2/c4*1-11-13-9-5-6-10-14(13)17-18-15(11)16(19-17)12-7-3-2-4-8-12/h4*2-10,15-17H,1H2/t4*15-,16-,17-/m1100/s1. The Kier molecular flexibility index (Phi) is 13.0. The molecule has 4 saturated heterocycles. The number of hydrogen-bond acceptors (Lipinski definition) is 8. The Labute approximate surface area is 443 Å². The van der Waals surface area contributed by atoms with Gasteiger partial charge >= 0.3 is 0 Å². The maximum atomic E-state index is 6.09. The molecule has 0 saturated carbocycles. The lowest BCUT2D eigenvalue weighted by Crippen LogP contribution is -2.19. The molecule has 8 aliphatic heterocycles. The van der Waals surface area contributed by atoms with E-state index in [2.05, 4.69) is 123 Å². The lowest BCUT2D eigenvalue weighted by Gasteiger charge is -2.24. The van der Waals surface area contributed by atoms with Gasteiger partial charge in [0.1, 0.15) is 48.8 Å². The summed E-state index contributed by atoms with van der Waals surface area (Å²) in [4.78, 5) is 0. The summed E-state index contributed by atoms with van der Waals surface area (Å²) in [5, 5.41) is 0. The molecule has 376 valence electrons. The fraction of sp³-hybridized carbons (Fsp3) is 0.176. The number of rotatable bonds is 4. The van der Waals surface area contributed by atoms with Crippen molar-refractivity contribution in [2.75, 3.05) is 0 Å². The molecule has 0 aliphatic carbocycles. The van der Waals surface area contributed by atoms with Gasteiger partial charge in [-0.2, -0.15) is 0 Å². The zero-order valence-corrected chi connectivity index (χ0v) is 41.8. The first-order valence-electron chi connectivity index (χ1n) is 25.9. The minimum atomic E-state index is -0.267. The van der Waals surface area contributed by atoms with Gasteiger partial charge in [0, 0.05) is 22.3 Å². The molecule has 8 aliphatic rings. The first-order chi connectivity index (χ1) is 37.4. The fourth-order valence-corrected chi connectivity index (χ4v) is 11.6. The van der Waals surface area contributed by atoms with E-state index in [4.69, 9.17) is 37.9 Å². The smallest absolute Gasteiger partial charge is 0.186 e. The van der Waals surface area contributed by atoms with Crippen molar-refractivity contribution in [1.82, 2.24) is 0 Å². The van der Waals surface area contributed by atoms with Gasteiger partial charge < -0.3 is 37.9 Å². The van der Waals surface area contributed by atoms with Crippen molar-refractivity contribution in [1.29, 1.82) is 0 Å². The molecule has 8 aromatic rings. The molecular formula is C68H56O8. The number of ether oxygens (including phenoxy) is 8.